The third-order valence-electron chi connectivity index (χ3n) is 4.61. The van der Waals surface area contributed by atoms with Crippen molar-refractivity contribution < 1.29 is 4.74 Å². The Hall–Kier alpha value is -1.06. The number of hydrogen-bond acceptors (Lipinski definition) is 3. The lowest BCUT2D eigenvalue weighted by Crippen LogP contribution is -2.24. The second kappa shape index (κ2) is 7.28. The predicted octanol–water partition coefficient (Wildman–Crippen LogP) is 3.32. The van der Waals surface area contributed by atoms with Crippen LogP contribution < -0.4 is 10.1 Å². The molecule has 2 aliphatic rings. The van der Waals surface area contributed by atoms with Crippen molar-refractivity contribution in [3.63, 3.8) is 0 Å². The number of methoxy groups -OCH3 is 1. The molecule has 116 valence electrons. The molecule has 3 heteroatoms. The molecule has 1 aromatic rings. The predicted molar refractivity (Wildman–Crippen MR) is 86.6 cm³/mol. The number of benzene rings is 1. The first-order chi connectivity index (χ1) is 10.3. The fourth-order valence-corrected chi connectivity index (χ4v) is 3.15. The average Bonchev–Trinajstić information content (AvgIpc) is 3.33. The standard InChI is InChI=1S/C18H28N2O/c1-21-18-9-6-15(13-19-17-7-8-17)12-16(18)14-20-10-4-2-3-5-11-20/h6,9,12,17,19H,2-5,7-8,10-11,13-14H2,1H3. The van der Waals surface area contributed by atoms with E-state index in [0.29, 0.717) is 0 Å². The van der Waals surface area contributed by atoms with Crippen LogP contribution in [0.3, 0.4) is 0 Å². The van der Waals surface area contributed by atoms with E-state index in [1.807, 2.05) is 0 Å². The molecular weight excluding hydrogens is 260 g/mol. The number of hydrogen-bond donors (Lipinski definition) is 1. The molecule has 3 rings (SSSR count). The lowest BCUT2D eigenvalue weighted by Gasteiger charge is -2.21. The Balaban J connectivity index is 1.66. The van der Waals surface area contributed by atoms with Crippen LogP contribution in [-0.2, 0) is 13.1 Å². The van der Waals surface area contributed by atoms with E-state index < -0.39 is 0 Å². The van der Waals surface area contributed by atoms with Gasteiger partial charge in [-0.25, -0.2) is 0 Å². The Morgan fingerprint density at radius 1 is 1.14 bits per heavy atom. The molecule has 1 saturated carbocycles. The maximum absolute atomic E-state index is 5.56. The van der Waals surface area contributed by atoms with Gasteiger partial charge in [0.1, 0.15) is 5.75 Å². The third kappa shape index (κ3) is 4.45. The molecule has 1 aliphatic carbocycles. The van der Waals surface area contributed by atoms with Crippen molar-refractivity contribution >= 4 is 0 Å². The fraction of sp³-hybridized carbons (Fsp3) is 0.667. The molecule has 3 nitrogen and oxygen atoms in total. The molecular formula is C18H28N2O. The third-order valence-corrected chi connectivity index (χ3v) is 4.61. The normalized spacial score (nSPS) is 20.2. The number of likely N-dealkylation sites (tertiary alicyclic amines) is 1. The first kappa shape index (κ1) is 14.9. The van der Waals surface area contributed by atoms with E-state index in [4.69, 9.17) is 4.74 Å². The molecule has 0 aromatic heterocycles. The second-order valence-electron chi connectivity index (χ2n) is 6.49. The summed E-state index contributed by atoms with van der Waals surface area (Å²) in [5.41, 5.74) is 2.72. The van der Waals surface area contributed by atoms with Crippen LogP contribution in [0.2, 0.25) is 0 Å². The highest BCUT2D eigenvalue weighted by atomic mass is 16.5. The lowest BCUT2D eigenvalue weighted by atomic mass is 10.1. The Kier molecular flexibility index (Phi) is 5.15. The van der Waals surface area contributed by atoms with Crippen LogP contribution in [0, 0.1) is 0 Å². The number of ether oxygens (including phenoxy) is 1. The molecule has 0 atom stereocenters. The number of nitrogens with one attached hydrogen (secondary N) is 1. The van der Waals surface area contributed by atoms with E-state index in [1.165, 1.54) is 62.7 Å². The van der Waals surface area contributed by atoms with Crippen LogP contribution in [0.15, 0.2) is 18.2 Å². The molecule has 1 heterocycles. The molecule has 1 saturated heterocycles. The van der Waals surface area contributed by atoms with Crippen LogP contribution in [0.1, 0.15) is 49.7 Å². The Morgan fingerprint density at radius 2 is 1.90 bits per heavy atom. The van der Waals surface area contributed by atoms with Crippen molar-refractivity contribution in [2.45, 2.75) is 57.7 Å². The van der Waals surface area contributed by atoms with E-state index >= 15 is 0 Å². The van der Waals surface area contributed by atoms with Gasteiger partial charge in [-0.1, -0.05) is 18.9 Å². The van der Waals surface area contributed by atoms with Crippen molar-refractivity contribution in [3.05, 3.63) is 29.3 Å². The summed E-state index contributed by atoms with van der Waals surface area (Å²) < 4.78 is 5.56. The zero-order chi connectivity index (χ0) is 14.5. The zero-order valence-corrected chi connectivity index (χ0v) is 13.2. The largest absolute Gasteiger partial charge is 0.496 e. The van der Waals surface area contributed by atoms with Crippen LogP contribution >= 0.6 is 0 Å². The van der Waals surface area contributed by atoms with Crippen molar-refractivity contribution in [1.29, 1.82) is 0 Å². The second-order valence-corrected chi connectivity index (χ2v) is 6.49. The summed E-state index contributed by atoms with van der Waals surface area (Å²) in [5.74, 6) is 1.04. The van der Waals surface area contributed by atoms with Crippen molar-refractivity contribution in [2.75, 3.05) is 20.2 Å². The van der Waals surface area contributed by atoms with Crippen LogP contribution in [0.5, 0.6) is 5.75 Å². The maximum Gasteiger partial charge on any atom is 0.123 e. The molecule has 1 aliphatic heterocycles. The minimum Gasteiger partial charge on any atom is -0.496 e. The number of rotatable bonds is 6. The lowest BCUT2D eigenvalue weighted by molar-refractivity contribution is 0.271. The molecule has 1 aromatic carbocycles. The van der Waals surface area contributed by atoms with Crippen molar-refractivity contribution in [3.8, 4) is 5.75 Å². The van der Waals surface area contributed by atoms with E-state index in [2.05, 4.69) is 28.4 Å². The molecule has 0 radical (unpaired) electrons. The van der Waals surface area contributed by atoms with Gasteiger partial charge in [0.25, 0.3) is 0 Å². The SMILES string of the molecule is COc1ccc(CNC2CC2)cc1CN1CCCCCC1. The smallest absolute Gasteiger partial charge is 0.123 e. The summed E-state index contributed by atoms with van der Waals surface area (Å²) in [6.07, 6.45) is 8.14. The average molecular weight is 288 g/mol. The van der Waals surface area contributed by atoms with E-state index in [0.717, 1.165) is 24.9 Å². The van der Waals surface area contributed by atoms with Crippen LogP contribution in [-0.4, -0.2) is 31.1 Å². The van der Waals surface area contributed by atoms with Gasteiger partial charge in [0, 0.05) is 24.7 Å². The Morgan fingerprint density at radius 3 is 2.57 bits per heavy atom. The van der Waals surface area contributed by atoms with Gasteiger partial charge in [-0.15, -0.1) is 0 Å². The fourth-order valence-electron chi connectivity index (χ4n) is 3.15. The molecule has 2 fully saturated rings. The van der Waals surface area contributed by atoms with Gasteiger partial charge in [0.05, 0.1) is 7.11 Å². The highest BCUT2D eigenvalue weighted by molar-refractivity contribution is 5.37. The molecule has 0 spiro atoms. The molecule has 0 amide bonds. The van der Waals surface area contributed by atoms with Gasteiger partial charge >= 0.3 is 0 Å². The van der Waals surface area contributed by atoms with Gasteiger partial charge < -0.3 is 10.1 Å². The van der Waals surface area contributed by atoms with Gasteiger partial charge in [-0.2, -0.15) is 0 Å². The van der Waals surface area contributed by atoms with Gasteiger partial charge in [0.2, 0.25) is 0 Å². The van der Waals surface area contributed by atoms with Gasteiger partial charge in [0.15, 0.2) is 0 Å². The van der Waals surface area contributed by atoms with Gasteiger partial charge in [-0.05, 0) is 56.5 Å². The summed E-state index contributed by atoms with van der Waals surface area (Å²) in [6, 6.07) is 7.43. The van der Waals surface area contributed by atoms with Crippen molar-refractivity contribution in [1.82, 2.24) is 10.2 Å². The van der Waals surface area contributed by atoms with Crippen LogP contribution in [0.25, 0.3) is 0 Å². The monoisotopic (exact) mass is 288 g/mol. The first-order valence-corrected chi connectivity index (χ1v) is 8.46. The summed E-state index contributed by atoms with van der Waals surface area (Å²) >= 11 is 0. The minimum absolute atomic E-state index is 0.765. The van der Waals surface area contributed by atoms with Crippen molar-refractivity contribution in [2.24, 2.45) is 0 Å². The highest BCUT2D eigenvalue weighted by Gasteiger charge is 2.20. The van der Waals surface area contributed by atoms with Crippen LogP contribution in [0.4, 0.5) is 0 Å². The molecule has 21 heavy (non-hydrogen) atoms. The topological polar surface area (TPSA) is 24.5 Å². The summed E-state index contributed by atoms with van der Waals surface area (Å²) in [4.78, 5) is 2.59. The maximum atomic E-state index is 5.56. The minimum atomic E-state index is 0.765. The molecule has 1 N–H and O–H groups in total. The van der Waals surface area contributed by atoms with E-state index in [-0.39, 0.29) is 0 Å². The van der Waals surface area contributed by atoms with Gasteiger partial charge in [-0.3, -0.25) is 4.90 Å². The molecule has 0 unspecified atom stereocenters. The summed E-state index contributed by atoms with van der Waals surface area (Å²) in [6.45, 7) is 4.48. The summed E-state index contributed by atoms with van der Waals surface area (Å²) in [5, 5.41) is 3.60. The Bertz CT molecular complexity index is 449. The Labute approximate surface area is 128 Å². The highest BCUT2D eigenvalue weighted by Crippen LogP contribution is 2.24. The van der Waals surface area contributed by atoms with E-state index in [9.17, 15) is 0 Å². The summed E-state index contributed by atoms with van der Waals surface area (Å²) in [7, 11) is 1.78. The first-order valence-electron chi connectivity index (χ1n) is 8.46. The van der Waals surface area contributed by atoms with E-state index in [1.54, 1.807) is 7.11 Å². The molecule has 0 bridgehead atoms. The quantitative estimate of drug-likeness (QED) is 0.869. The number of nitrogens with zero attached hydrogens (tertiary/aromatic N) is 1. The zero-order valence-electron chi connectivity index (χ0n) is 13.2.